The van der Waals surface area contributed by atoms with Crippen LogP contribution in [-0.2, 0) is 5.60 Å². The Labute approximate surface area is 97.7 Å². The minimum Gasteiger partial charge on any atom is -0.495 e. The van der Waals surface area contributed by atoms with Gasteiger partial charge in [-0.15, -0.1) is 0 Å². The zero-order chi connectivity index (χ0) is 11.3. The van der Waals surface area contributed by atoms with Crippen LogP contribution in [0.3, 0.4) is 0 Å². The lowest BCUT2D eigenvalue weighted by atomic mass is 10.0. The summed E-state index contributed by atoms with van der Waals surface area (Å²) in [5.74, 6) is 1.60. The molecule has 3 rings (SSSR count). The van der Waals surface area contributed by atoms with Crippen molar-refractivity contribution in [2.75, 3.05) is 13.9 Å². The van der Waals surface area contributed by atoms with Crippen molar-refractivity contribution in [1.82, 2.24) is 0 Å². The molecule has 0 atom stereocenters. The molecule has 5 heteroatoms. The first-order valence-corrected chi connectivity index (χ1v) is 5.42. The van der Waals surface area contributed by atoms with Crippen LogP contribution in [0.15, 0.2) is 6.07 Å². The lowest BCUT2D eigenvalue weighted by Gasteiger charge is -2.16. The number of fused-ring (bicyclic) bond motifs is 1. The molecular weight excluding hydrogens is 232 g/mol. The molecule has 4 nitrogen and oxygen atoms in total. The van der Waals surface area contributed by atoms with Gasteiger partial charge in [-0.25, -0.2) is 0 Å². The SMILES string of the molecule is COc1c(Cl)cc2c(c1C1(O)CC1)OCO2. The van der Waals surface area contributed by atoms with Gasteiger partial charge in [-0.05, 0) is 12.8 Å². The Morgan fingerprint density at radius 2 is 2.19 bits per heavy atom. The zero-order valence-electron chi connectivity index (χ0n) is 8.75. The average Bonchev–Trinajstić information content (AvgIpc) is 2.83. The van der Waals surface area contributed by atoms with Crippen LogP contribution in [0.25, 0.3) is 0 Å². The van der Waals surface area contributed by atoms with Crippen LogP contribution in [0.4, 0.5) is 0 Å². The number of methoxy groups -OCH3 is 1. The van der Waals surface area contributed by atoms with Crippen LogP contribution in [0.1, 0.15) is 18.4 Å². The molecule has 1 N–H and O–H groups in total. The monoisotopic (exact) mass is 242 g/mol. The number of aliphatic hydroxyl groups is 1. The molecule has 0 radical (unpaired) electrons. The van der Waals surface area contributed by atoms with Gasteiger partial charge < -0.3 is 19.3 Å². The van der Waals surface area contributed by atoms with E-state index in [1.807, 2.05) is 0 Å². The fraction of sp³-hybridized carbons (Fsp3) is 0.455. The van der Waals surface area contributed by atoms with Gasteiger partial charge in [0, 0.05) is 6.07 Å². The number of rotatable bonds is 2. The van der Waals surface area contributed by atoms with Crippen molar-refractivity contribution in [2.24, 2.45) is 0 Å². The summed E-state index contributed by atoms with van der Waals surface area (Å²) < 4.78 is 15.9. The Kier molecular flexibility index (Phi) is 2.00. The second-order valence-electron chi connectivity index (χ2n) is 4.03. The van der Waals surface area contributed by atoms with E-state index in [0.717, 1.165) is 0 Å². The first-order chi connectivity index (χ1) is 7.65. The number of halogens is 1. The van der Waals surface area contributed by atoms with Crippen LogP contribution in [0, 0.1) is 0 Å². The topological polar surface area (TPSA) is 47.9 Å². The molecule has 16 heavy (non-hydrogen) atoms. The van der Waals surface area contributed by atoms with Gasteiger partial charge >= 0.3 is 0 Å². The van der Waals surface area contributed by atoms with E-state index >= 15 is 0 Å². The van der Waals surface area contributed by atoms with Crippen molar-refractivity contribution in [3.05, 3.63) is 16.7 Å². The maximum absolute atomic E-state index is 10.2. The fourth-order valence-corrected chi connectivity index (χ4v) is 2.26. The van der Waals surface area contributed by atoms with E-state index in [9.17, 15) is 5.11 Å². The highest BCUT2D eigenvalue weighted by atomic mass is 35.5. The van der Waals surface area contributed by atoms with Crippen molar-refractivity contribution in [3.8, 4) is 17.2 Å². The standard InChI is InChI=1S/C11H11ClO4/c1-14-9-6(12)4-7-10(16-5-15-7)8(9)11(13)2-3-11/h4,13H,2-3,5H2,1H3. The highest BCUT2D eigenvalue weighted by Gasteiger charge is 2.48. The van der Waals surface area contributed by atoms with Gasteiger partial charge in [0.1, 0.15) is 5.75 Å². The number of hydrogen-bond donors (Lipinski definition) is 1. The van der Waals surface area contributed by atoms with Gasteiger partial charge in [0.25, 0.3) is 0 Å². The van der Waals surface area contributed by atoms with Crippen molar-refractivity contribution < 1.29 is 19.3 Å². The van der Waals surface area contributed by atoms with Crippen molar-refractivity contribution in [1.29, 1.82) is 0 Å². The molecule has 0 amide bonds. The number of hydrogen-bond acceptors (Lipinski definition) is 4. The molecule has 1 fully saturated rings. The van der Waals surface area contributed by atoms with E-state index in [1.54, 1.807) is 6.07 Å². The third-order valence-electron chi connectivity index (χ3n) is 2.96. The van der Waals surface area contributed by atoms with Gasteiger partial charge in [0.05, 0.1) is 23.3 Å². The molecular formula is C11H11ClO4. The smallest absolute Gasteiger partial charge is 0.231 e. The van der Waals surface area contributed by atoms with Crippen molar-refractivity contribution in [2.45, 2.75) is 18.4 Å². The van der Waals surface area contributed by atoms with E-state index in [1.165, 1.54) is 7.11 Å². The summed E-state index contributed by atoms with van der Waals surface area (Å²) in [6.07, 6.45) is 1.39. The molecule has 0 unspecified atom stereocenters. The highest BCUT2D eigenvalue weighted by Crippen LogP contribution is 2.57. The highest BCUT2D eigenvalue weighted by molar-refractivity contribution is 6.32. The van der Waals surface area contributed by atoms with Gasteiger partial charge in [-0.1, -0.05) is 11.6 Å². The Morgan fingerprint density at radius 3 is 2.81 bits per heavy atom. The molecule has 86 valence electrons. The summed E-state index contributed by atoms with van der Waals surface area (Å²) in [5.41, 5.74) is -0.247. The van der Waals surface area contributed by atoms with Crippen LogP contribution in [0.2, 0.25) is 5.02 Å². The van der Waals surface area contributed by atoms with Gasteiger partial charge in [0.2, 0.25) is 6.79 Å². The molecule has 0 aromatic heterocycles. The third-order valence-corrected chi connectivity index (χ3v) is 3.24. The fourth-order valence-electron chi connectivity index (χ4n) is 1.98. The predicted molar refractivity (Wildman–Crippen MR) is 57.3 cm³/mol. The minimum atomic E-state index is -0.867. The van der Waals surface area contributed by atoms with E-state index < -0.39 is 5.60 Å². The molecule has 0 spiro atoms. The molecule has 1 aliphatic heterocycles. The third kappa shape index (κ3) is 1.26. The first-order valence-electron chi connectivity index (χ1n) is 5.05. The summed E-state index contributed by atoms with van der Waals surface area (Å²) in [4.78, 5) is 0. The Hall–Kier alpha value is -1.13. The Bertz CT molecular complexity index is 450. The van der Waals surface area contributed by atoms with Crippen LogP contribution < -0.4 is 14.2 Å². The second-order valence-corrected chi connectivity index (χ2v) is 4.44. The molecule has 0 saturated heterocycles. The lowest BCUT2D eigenvalue weighted by Crippen LogP contribution is -2.08. The van der Waals surface area contributed by atoms with Crippen LogP contribution >= 0.6 is 11.6 Å². The lowest BCUT2D eigenvalue weighted by molar-refractivity contribution is 0.136. The maximum atomic E-state index is 10.2. The zero-order valence-corrected chi connectivity index (χ0v) is 9.50. The quantitative estimate of drug-likeness (QED) is 0.862. The summed E-state index contributed by atoms with van der Waals surface area (Å²) in [6, 6.07) is 1.65. The van der Waals surface area contributed by atoms with Crippen molar-refractivity contribution >= 4 is 11.6 Å². The van der Waals surface area contributed by atoms with Crippen molar-refractivity contribution in [3.63, 3.8) is 0 Å². The van der Waals surface area contributed by atoms with E-state index in [4.69, 9.17) is 25.8 Å². The molecule has 0 bridgehead atoms. The molecule has 1 aliphatic carbocycles. The summed E-state index contributed by atoms with van der Waals surface area (Å²) in [7, 11) is 1.53. The number of benzene rings is 1. The minimum absolute atomic E-state index is 0.155. The van der Waals surface area contributed by atoms with Crippen LogP contribution in [0.5, 0.6) is 17.2 Å². The summed E-state index contributed by atoms with van der Waals surface area (Å²) in [6.45, 7) is 0.155. The Balaban J connectivity index is 2.26. The van der Waals surface area contributed by atoms with E-state index in [-0.39, 0.29) is 6.79 Å². The molecule has 1 aromatic rings. The maximum Gasteiger partial charge on any atom is 0.231 e. The largest absolute Gasteiger partial charge is 0.495 e. The van der Waals surface area contributed by atoms with Crippen LogP contribution in [-0.4, -0.2) is 19.0 Å². The normalized spacial score (nSPS) is 19.7. The molecule has 1 aromatic carbocycles. The molecule has 1 saturated carbocycles. The first kappa shape index (κ1) is 10.1. The molecule has 2 aliphatic rings. The second kappa shape index (κ2) is 3.18. The van der Waals surface area contributed by atoms with Gasteiger partial charge in [0.15, 0.2) is 11.5 Å². The Morgan fingerprint density at radius 1 is 1.44 bits per heavy atom. The average molecular weight is 243 g/mol. The summed E-state index contributed by atoms with van der Waals surface area (Å²) >= 11 is 6.08. The predicted octanol–water partition coefficient (Wildman–Crippen LogP) is 2.06. The van der Waals surface area contributed by atoms with Gasteiger partial charge in [-0.3, -0.25) is 0 Å². The number of ether oxygens (including phenoxy) is 3. The molecule has 1 heterocycles. The van der Waals surface area contributed by atoms with E-state index in [0.29, 0.717) is 40.7 Å². The van der Waals surface area contributed by atoms with E-state index in [2.05, 4.69) is 0 Å². The van der Waals surface area contributed by atoms with Gasteiger partial charge in [-0.2, -0.15) is 0 Å². The summed E-state index contributed by atoms with van der Waals surface area (Å²) in [5, 5.41) is 10.7.